The van der Waals surface area contributed by atoms with Crippen LogP contribution in [-0.2, 0) is 10.0 Å². The Bertz CT molecular complexity index is 1330. The molecule has 0 unspecified atom stereocenters. The van der Waals surface area contributed by atoms with Crippen LogP contribution in [0.5, 0.6) is 0 Å². The number of hydrogen-bond acceptors (Lipinski definition) is 4. The van der Waals surface area contributed by atoms with Gasteiger partial charge in [0.05, 0.1) is 22.6 Å². The van der Waals surface area contributed by atoms with Crippen LogP contribution in [0, 0.1) is 0 Å². The van der Waals surface area contributed by atoms with Crippen LogP contribution in [-0.4, -0.2) is 60.4 Å². The highest BCUT2D eigenvalue weighted by atomic mass is 79.9. The number of carbonyl (C=O) groups excluding carboxylic acids is 1. The van der Waals surface area contributed by atoms with Gasteiger partial charge in [0.15, 0.2) is 0 Å². The van der Waals surface area contributed by atoms with Crippen LogP contribution in [0.3, 0.4) is 0 Å². The molecule has 174 valence electrons. The topological polar surface area (TPSA) is 121 Å². The second-order valence-electron chi connectivity index (χ2n) is 7.59. The molecule has 0 spiro atoms. The fourth-order valence-electron chi connectivity index (χ4n) is 3.85. The Kier molecular flexibility index (Phi) is 6.41. The number of carboxylic acid groups (broad SMARTS) is 1. The summed E-state index contributed by atoms with van der Waals surface area (Å²) in [6.07, 6.45) is -1.27. The van der Waals surface area contributed by atoms with E-state index in [0.29, 0.717) is 15.4 Å². The molecule has 3 N–H and O–H groups in total. The van der Waals surface area contributed by atoms with Crippen molar-refractivity contribution in [1.82, 2.24) is 14.2 Å². The molecular weight excluding hydrogens is 519 g/mol. The molecule has 0 aliphatic carbocycles. The molecule has 3 aromatic rings. The molecular formula is C21H20BrFN4O5S. The van der Waals surface area contributed by atoms with E-state index in [0.717, 1.165) is 4.57 Å². The van der Waals surface area contributed by atoms with Crippen molar-refractivity contribution in [2.75, 3.05) is 18.4 Å². The average molecular weight is 539 g/mol. The second kappa shape index (κ2) is 9.12. The van der Waals surface area contributed by atoms with Gasteiger partial charge in [-0.15, -0.1) is 0 Å². The van der Waals surface area contributed by atoms with Crippen molar-refractivity contribution in [3.63, 3.8) is 0 Å². The van der Waals surface area contributed by atoms with Crippen molar-refractivity contribution in [1.29, 1.82) is 0 Å². The zero-order chi connectivity index (χ0) is 23.8. The molecule has 1 aliphatic heterocycles. The number of rotatable bonds is 5. The van der Waals surface area contributed by atoms with Crippen LogP contribution in [0.15, 0.2) is 64.1 Å². The van der Waals surface area contributed by atoms with E-state index in [9.17, 15) is 27.5 Å². The second-order valence-corrected chi connectivity index (χ2v) is 10.3. The molecule has 1 fully saturated rings. The lowest BCUT2D eigenvalue weighted by molar-refractivity contribution is 0.197. The number of likely N-dealkylation sites (tertiary alicyclic amines) is 1. The lowest BCUT2D eigenvalue weighted by Crippen LogP contribution is -2.45. The number of benzene rings is 2. The number of nitrogens with zero attached hydrogens (tertiary/aromatic N) is 2. The van der Waals surface area contributed by atoms with Crippen molar-refractivity contribution in [3.8, 4) is 0 Å². The van der Waals surface area contributed by atoms with Crippen LogP contribution in [0.2, 0.25) is 0 Å². The van der Waals surface area contributed by atoms with Gasteiger partial charge in [0.1, 0.15) is 6.17 Å². The smallest absolute Gasteiger partial charge is 0.416 e. The fourth-order valence-corrected chi connectivity index (χ4v) is 5.52. The molecule has 0 radical (unpaired) electrons. The maximum atomic E-state index is 14.2. The van der Waals surface area contributed by atoms with Gasteiger partial charge < -0.3 is 15.3 Å². The van der Waals surface area contributed by atoms with E-state index in [1.165, 1.54) is 23.2 Å². The van der Waals surface area contributed by atoms with Gasteiger partial charge in [0, 0.05) is 35.1 Å². The largest absolute Gasteiger partial charge is 0.464 e. The molecule has 2 atom stereocenters. The highest BCUT2D eigenvalue weighted by Crippen LogP contribution is 2.28. The number of urea groups is 1. The minimum absolute atomic E-state index is 0.0225. The van der Waals surface area contributed by atoms with Gasteiger partial charge in [0.25, 0.3) is 0 Å². The average Bonchev–Trinajstić information content (AvgIpc) is 3.33. The molecule has 2 amide bonds. The molecule has 33 heavy (non-hydrogen) atoms. The summed E-state index contributed by atoms with van der Waals surface area (Å²) in [6.45, 7) is -0.369. The van der Waals surface area contributed by atoms with Crippen LogP contribution >= 0.6 is 15.9 Å². The molecule has 1 aliphatic rings. The zero-order valence-electron chi connectivity index (χ0n) is 17.1. The van der Waals surface area contributed by atoms with Crippen molar-refractivity contribution >= 4 is 54.7 Å². The monoisotopic (exact) mass is 538 g/mol. The third kappa shape index (κ3) is 4.87. The molecule has 12 heteroatoms. The first-order valence-corrected chi connectivity index (χ1v) is 12.2. The minimum Gasteiger partial charge on any atom is -0.464 e. The zero-order valence-corrected chi connectivity index (χ0v) is 19.5. The van der Waals surface area contributed by atoms with Crippen molar-refractivity contribution in [2.24, 2.45) is 0 Å². The maximum absolute atomic E-state index is 14.2. The van der Waals surface area contributed by atoms with E-state index in [1.807, 2.05) is 0 Å². The SMILES string of the molecule is O=C(Nc1cn(C(=O)O)c2ccccc12)N1C[C@H](F)C[C@H]1CNS(=O)(=O)c1cccc(Br)c1. The number of anilines is 1. The summed E-state index contributed by atoms with van der Waals surface area (Å²) < 4.78 is 43.4. The number of halogens is 2. The number of nitrogens with one attached hydrogen (secondary N) is 2. The Labute approximate surface area is 197 Å². The van der Waals surface area contributed by atoms with Gasteiger partial charge in [0.2, 0.25) is 10.0 Å². The molecule has 0 saturated carbocycles. The standard InChI is InChI=1S/C21H20BrFN4O5S/c22-13-4-3-5-16(8-13)33(31,32)24-10-15-9-14(23)11-26(15)20(28)25-18-12-27(21(29)30)19-7-2-1-6-17(18)19/h1-8,12,14-15,24H,9-11H2,(H,25,28)(H,29,30)/t14-,15+/m1/s1. The third-order valence-corrected chi connectivity index (χ3v) is 7.31. The van der Waals surface area contributed by atoms with E-state index >= 15 is 0 Å². The summed E-state index contributed by atoms with van der Waals surface area (Å²) in [5.74, 6) is 0. The van der Waals surface area contributed by atoms with E-state index in [1.54, 1.807) is 36.4 Å². The first-order chi connectivity index (χ1) is 15.7. The van der Waals surface area contributed by atoms with E-state index in [-0.39, 0.29) is 30.1 Å². The molecule has 2 aromatic carbocycles. The van der Waals surface area contributed by atoms with E-state index in [4.69, 9.17) is 0 Å². The summed E-state index contributed by atoms with van der Waals surface area (Å²) in [5.41, 5.74) is 0.650. The van der Waals surface area contributed by atoms with Gasteiger partial charge in [-0.1, -0.05) is 40.2 Å². The number of amides is 2. The minimum atomic E-state index is -3.86. The van der Waals surface area contributed by atoms with Gasteiger partial charge in [-0.25, -0.2) is 27.1 Å². The van der Waals surface area contributed by atoms with Crippen LogP contribution in [0.1, 0.15) is 6.42 Å². The highest BCUT2D eigenvalue weighted by molar-refractivity contribution is 9.10. The third-order valence-electron chi connectivity index (χ3n) is 5.40. The number of fused-ring (bicyclic) bond motifs is 1. The number of alkyl halides is 1. The number of hydrogen-bond donors (Lipinski definition) is 3. The van der Waals surface area contributed by atoms with Gasteiger partial charge >= 0.3 is 12.1 Å². The lowest BCUT2D eigenvalue weighted by Gasteiger charge is -2.24. The van der Waals surface area contributed by atoms with Crippen LogP contribution in [0.25, 0.3) is 10.9 Å². The molecule has 1 aromatic heterocycles. The molecule has 0 bridgehead atoms. The Hall–Kier alpha value is -2.96. The Balaban J connectivity index is 1.51. The maximum Gasteiger partial charge on any atom is 0.416 e. The normalized spacial score (nSPS) is 18.5. The summed E-state index contributed by atoms with van der Waals surface area (Å²) in [4.78, 5) is 25.7. The molecule has 9 nitrogen and oxygen atoms in total. The number of carbonyl (C=O) groups is 2. The molecule has 4 rings (SSSR count). The Morgan fingerprint density at radius 2 is 1.94 bits per heavy atom. The summed E-state index contributed by atoms with van der Waals surface area (Å²) in [5, 5.41) is 12.6. The Morgan fingerprint density at radius 3 is 2.67 bits per heavy atom. The first kappa shape index (κ1) is 23.2. The quantitative estimate of drug-likeness (QED) is 0.455. The summed E-state index contributed by atoms with van der Waals surface area (Å²) in [6, 6.07) is 11.4. The lowest BCUT2D eigenvalue weighted by atomic mass is 10.2. The highest BCUT2D eigenvalue weighted by Gasteiger charge is 2.36. The van der Waals surface area contributed by atoms with Crippen molar-refractivity contribution in [3.05, 3.63) is 59.2 Å². The molecule has 2 heterocycles. The number of para-hydroxylation sites is 1. The van der Waals surface area contributed by atoms with Crippen LogP contribution in [0.4, 0.5) is 19.7 Å². The Morgan fingerprint density at radius 1 is 1.18 bits per heavy atom. The van der Waals surface area contributed by atoms with Gasteiger partial charge in [-0.3, -0.25) is 4.57 Å². The van der Waals surface area contributed by atoms with Crippen molar-refractivity contribution in [2.45, 2.75) is 23.5 Å². The van der Waals surface area contributed by atoms with Crippen LogP contribution < -0.4 is 10.0 Å². The number of aromatic nitrogens is 1. The van der Waals surface area contributed by atoms with E-state index < -0.39 is 34.4 Å². The molecule has 1 saturated heterocycles. The predicted molar refractivity (Wildman–Crippen MR) is 124 cm³/mol. The first-order valence-electron chi connectivity index (χ1n) is 9.96. The number of sulfonamides is 1. The van der Waals surface area contributed by atoms with Crippen molar-refractivity contribution < 1.29 is 27.5 Å². The summed E-state index contributed by atoms with van der Waals surface area (Å²) >= 11 is 3.23. The summed E-state index contributed by atoms with van der Waals surface area (Å²) in [7, 11) is -3.86. The fraction of sp³-hybridized carbons (Fsp3) is 0.238. The van der Waals surface area contributed by atoms with Gasteiger partial charge in [-0.05, 0) is 24.3 Å². The predicted octanol–water partition coefficient (Wildman–Crippen LogP) is 3.85. The van der Waals surface area contributed by atoms with E-state index in [2.05, 4.69) is 26.0 Å². The van der Waals surface area contributed by atoms with Gasteiger partial charge in [-0.2, -0.15) is 0 Å².